The zero-order chi connectivity index (χ0) is 13.1. The molecule has 0 aromatic rings. The average Bonchev–Trinajstić information content (AvgIpc) is 2.30. The fraction of sp³-hybridized carbons (Fsp3) is 0.875. The molecular weight excluding hydrogens is 259 g/mol. The maximum Gasteiger partial charge on any atom is 0.0797 e. The molecule has 0 unspecified atom stereocenters. The van der Waals surface area contributed by atoms with E-state index in [-0.39, 0.29) is 12.4 Å². The number of hydrogen-bond donors (Lipinski definition) is 0. The van der Waals surface area contributed by atoms with Crippen molar-refractivity contribution < 1.29 is 12.4 Å². The lowest BCUT2D eigenvalue weighted by Crippen LogP contribution is -3.00. The molecule has 0 atom stereocenters. The third kappa shape index (κ3) is 9.40. The Morgan fingerprint density at radius 2 is 1.17 bits per heavy atom. The maximum absolute atomic E-state index is 4.19. The van der Waals surface area contributed by atoms with Gasteiger partial charge in [0.1, 0.15) is 0 Å². The number of allylic oxidation sites excluding steroid dienone is 1. The van der Waals surface area contributed by atoms with Gasteiger partial charge in [0.2, 0.25) is 0 Å². The van der Waals surface area contributed by atoms with E-state index < -0.39 is 7.26 Å². The van der Waals surface area contributed by atoms with Crippen molar-refractivity contribution in [3.8, 4) is 0 Å². The lowest BCUT2D eigenvalue weighted by atomic mass is 10.4. The maximum atomic E-state index is 4.19. The fourth-order valence-corrected chi connectivity index (χ4v) is 7.88. The van der Waals surface area contributed by atoms with Crippen molar-refractivity contribution in [3.05, 3.63) is 12.2 Å². The van der Waals surface area contributed by atoms with E-state index >= 15 is 0 Å². The second-order valence-electron chi connectivity index (χ2n) is 5.69. The molecule has 0 heterocycles. The minimum absolute atomic E-state index is 0. The molecule has 0 saturated heterocycles. The molecule has 0 spiro atoms. The van der Waals surface area contributed by atoms with Crippen molar-refractivity contribution in [3.63, 3.8) is 0 Å². The standard InChI is InChI=1S/C16H34P.ClH/c1-6-9-12-17(13-10-7-2,14-11-8-3)15-16(4)5;/h4,6-15H2,1-3,5H3;1H/q+1;/p-1. The minimum Gasteiger partial charge on any atom is -1.00 e. The second kappa shape index (κ2) is 12.5. The number of rotatable bonds is 11. The monoisotopic (exact) mass is 292 g/mol. The molecule has 0 aromatic heterocycles. The first-order chi connectivity index (χ1) is 8.10. The lowest BCUT2D eigenvalue weighted by molar-refractivity contribution is -0.00000407. The van der Waals surface area contributed by atoms with Crippen molar-refractivity contribution in [2.24, 2.45) is 0 Å². The van der Waals surface area contributed by atoms with Gasteiger partial charge in [-0.25, -0.2) is 0 Å². The molecule has 18 heavy (non-hydrogen) atoms. The molecule has 0 aromatic carbocycles. The first-order valence-corrected chi connectivity index (χ1v) is 10.1. The largest absolute Gasteiger partial charge is 1.00 e. The zero-order valence-corrected chi connectivity index (χ0v) is 14.8. The Morgan fingerprint density at radius 1 is 0.833 bits per heavy atom. The Hall–Kier alpha value is 0.460. The van der Waals surface area contributed by atoms with E-state index in [9.17, 15) is 0 Å². The quantitative estimate of drug-likeness (QED) is 0.406. The Balaban J connectivity index is 0. The van der Waals surface area contributed by atoms with Crippen molar-refractivity contribution in [2.75, 3.05) is 24.6 Å². The summed E-state index contributed by atoms with van der Waals surface area (Å²) >= 11 is 0. The first kappa shape index (κ1) is 20.8. The molecule has 0 aliphatic rings. The van der Waals surface area contributed by atoms with Crippen LogP contribution >= 0.6 is 7.26 Å². The molecule has 0 saturated carbocycles. The van der Waals surface area contributed by atoms with Crippen molar-refractivity contribution in [1.29, 1.82) is 0 Å². The summed E-state index contributed by atoms with van der Waals surface area (Å²) in [5.74, 6) is 0. The molecule has 0 aliphatic heterocycles. The van der Waals surface area contributed by atoms with Gasteiger partial charge in [-0.2, -0.15) is 0 Å². The molecule has 110 valence electrons. The Kier molecular flexibility index (Phi) is 14.4. The van der Waals surface area contributed by atoms with E-state index in [2.05, 4.69) is 34.3 Å². The molecule has 0 rings (SSSR count). The van der Waals surface area contributed by atoms with E-state index in [1.807, 2.05) is 0 Å². The third-order valence-corrected chi connectivity index (χ3v) is 8.57. The van der Waals surface area contributed by atoms with Crippen molar-refractivity contribution in [2.45, 2.75) is 66.2 Å². The van der Waals surface area contributed by atoms with Crippen LogP contribution in [0, 0.1) is 0 Å². The molecule has 0 radical (unpaired) electrons. The van der Waals surface area contributed by atoms with Gasteiger partial charge < -0.3 is 12.4 Å². The van der Waals surface area contributed by atoms with Crippen LogP contribution in [-0.2, 0) is 0 Å². The molecule has 0 amide bonds. The van der Waals surface area contributed by atoms with Gasteiger partial charge in [0, 0.05) is 7.26 Å². The van der Waals surface area contributed by atoms with Crippen LogP contribution in [-0.4, -0.2) is 24.6 Å². The number of unbranched alkanes of at least 4 members (excludes halogenated alkanes) is 3. The molecular formula is C16H34ClP. The zero-order valence-electron chi connectivity index (χ0n) is 13.1. The summed E-state index contributed by atoms with van der Waals surface area (Å²) in [7, 11) is -0.701. The van der Waals surface area contributed by atoms with Crippen LogP contribution in [0.3, 0.4) is 0 Å². The summed E-state index contributed by atoms with van der Waals surface area (Å²) in [5, 5.41) is 0. The average molecular weight is 293 g/mol. The normalized spacial score (nSPS) is 11.1. The van der Waals surface area contributed by atoms with Gasteiger partial charge in [-0.1, -0.05) is 46.6 Å². The Labute approximate surface area is 123 Å². The Morgan fingerprint density at radius 3 is 1.39 bits per heavy atom. The van der Waals surface area contributed by atoms with Crippen LogP contribution in [0.15, 0.2) is 12.2 Å². The summed E-state index contributed by atoms with van der Waals surface area (Å²) < 4.78 is 0. The molecule has 0 bridgehead atoms. The molecule has 0 fully saturated rings. The SMILES string of the molecule is C=C(C)C[P+](CCCC)(CCCC)CCCC.[Cl-]. The van der Waals surface area contributed by atoms with Gasteiger partial charge in [-0.3, -0.25) is 0 Å². The first-order valence-electron chi connectivity index (χ1n) is 7.59. The summed E-state index contributed by atoms with van der Waals surface area (Å²) in [6.45, 7) is 13.4. The summed E-state index contributed by atoms with van der Waals surface area (Å²) in [5.41, 5.74) is 1.43. The molecule has 0 aliphatic carbocycles. The highest BCUT2D eigenvalue weighted by molar-refractivity contribution is 7.76. The fourth-order valence-electron chi connectivity index (χ4n) is 2.63. The third-order valence-electron chi connectivity index (χ3n) is 3.56. The highest BCUT2D eigenvalue weighted by Gasteiger charge is 2.34. The van der Waals surface area contributed by atoms with Gasteiger partial charge in [0.25, 0.3) is 0 Å². The van der Waals surface area contributed by atoms with Gasteiger partial charge in [0.05, 0.1) is 24.6 Å². The van der Waals surface area contributed by atoms with E-state index in [4.69, 9.17) is 0 Å². The molecule has 2 heteroatoms. The highest BCUT2D eigenvalue weighted by atomic mass is 35.5. The van der Waals surface area contributed by atoms with Crippen LogP contribution < -0.4 is 12.4 Å². The van der Waals surface area contributed by atoms with Crippen molar-refractivity contribution in [1.82, 2.24) is 0 Å². The summed E-state index contributed by atoms with van der Waals surface area (Å²) in [6.07, 6.45) is 14.3. The van der Waals surface area contributed by atoms with E-state index in [0.29, 0.717) is 0 Å². The summed E-state index contributed by atoms with van der Waals surface area (Å²) in [6, 6.07) is 0. The van der Waals surface area contributed by atoms with Crippen LogP contribution in [0.4, 0.5) is 0 Å². The van der Waals surface area contributed by atoms with Gasteiger partial charge in [-0.05, 0) is 31.8 Å². The smallest absolute Gasteiger partial charge is 0.0797 e. The van der Waals surface area contributed by atoms with Crippen LogP contribution in [0.1, 0.15) is 66.2 Å². The minimum atomic E-state index is -0.701. The van der Waals surface area contributed by atoms with Crippen molar-refractivity contribution >= 4 is 7.26 Å². The van der Waals surface area contributed by atoms with Gasteiger partial charge in [-0.15, -0.1) is 0 Å². The van der Waals surface area contributed by atoms with Crippen LogP contribution in [0.5, 0.6) is 0 Å². The topological polar surface area (TPSA) is 0 Å². The lowest BCUT2D eigenvalue weighted by Gasteiger charge is -2.28. The van der Waals surface area contributed by atoms with Gasteiger partial charge in [0.15, 0.2) is 0 Å². The van der Waals surface area contributed by atoms with E-state index in [1.165, 1.54) is 68.7 Å². The predicted octanol–water partition coefficient (Wildman–Crippen LogP) is 2.98. The van der Waals surface area contributed by atoms with Crippen LogP contribution in [0.2, 0.25) is 0 Å². The molecule has 0 nitrogen and oxygen atoms in total. The molecule has 0 N–H and O–H groups in total. The Bertz CT molecular complexity index is 179. The van der Waals surface area contributed by atoms with E-state index in [0.717, 1.165) is 0 Å². The van der Waals surface area contributed by atoms with Gasteiger partial charge >= 0.3 is 0 Å². The van der Waals surface area contributed by atoms with E-state index in [1.54, 1.807) is 0 Å². The second-order valence-corrected chi connectivity index (χ2v) is 10.0. The number of halogens is 1. The summed E-state index contributed by atoms with van der Waals surface area (Å²) in [4.78, 5) is 0. The predicted molar refractivity (Wildman–Crippen MR) is 85.9 cm³/mol. The number of hydrogen-bond acceptors (Lipinski definition) is 0. The highest BCUT2D eigenvalue weighted by Crippen LogP contribution is 2.61. The van der Waals surface area contributed by atoms with Crippen LogP contribution in [0.25, 0.3) is 0 Å².